The first kappa shape index (κ1) is 32.0. The van der Waals surface area contributed by atoms with Crippen molar-refractivity contribution < 1.29 is 19.0 Å². The Labute approximate surface area is 269 Å². The molecule has 9 nitrogen and oxygen atoms in total. The summed E-state index contributed by atoms with van der Waals surface area (Å²) in [5, 5.41) is 14.8. The Kier molecular flexibility index (Phi) is 9.86. The maximum Gasteiger partial charge on any atom is 0.252 e. The molecule has 4 aromatic rings. The lowest BCUT2D eigenvalue weighted by molar-refractivity contribution is 0.0616. The van der Waals surface area contributed by atoms with Crippen LogP contribution in [0.4, 0.5) is 10.2 Å². The van der Waals surface area contributed by atoms with Crippen LogP contribution in [0.5, 0.6) is 5.75 Å². The van der Waals surface area contributed by atoms with Gasteiger partial charge in [0.25, 0.3) is 5.91 Å². The van der Waals surface area contributed by atoms with Crippen molar-refractivity contribution in [2.75, 3.05) is 51.3 Å². The van der Waals surface area contributed by atoms with Gasteiger partial charge in [0.2, 0.25) is 0 Å². The second kappa shape index (κ2) is 14.2. The number of nitrogens with zero attached hydrogens (tertiary/aromatic N) is 3. The predicted octanol–water partition coefficient (Wildman–Crippen LogP) is 5.05. The third kappa shape index (κ3) is 6.47. The number of methoxy groups -OCH3 is 1. The number of aromatic nitrogens is 2. The highest BCUT2D eigenvalue weighted by atomic mass is 19.1. The summed E-state index contributed by atoms with van der Waals surface area (Å²) in [6.45, 7) is 3.94. The molecule has 4 heterocycles. The zero-order chi connectivity index (χ0) is 32.1. The number of unbranched alkanes of at least 4 members (excludes halogenated alkanes) is 3. The fourth-order valence-electron chi connectivity index (χ4n) is 7.33. The molecule has 0 bridgehead atoms. The summed E-state index contributed by atoms with van der Waals surface area (Å²) < 4.78 is 20.4. The second-order valence-corrected chi connectivity index (χ2v) is 12.7. The van der Waals surface area contributed by atoms with Gasteiger partial charge in [0, 0.05) is 72.6 Å². The molecule has 2 aromatic heterocycles. The average Bonchev–Trinajstić information content (AvgIpc) is 3.47. The molecule has 244 valence electrons. The Hall–Kier alpha value is -3.99. The van der Waals surface area contributed by atoms with E-state index in [1.54, 1.807) is 19.4 Å². The molecule has 1 amide bonds. The van der Waals surface area contributed by atoms with Crippen LogP contribution in [0.15, 0.2) is 60.8 Å². The van der Waals surface area contributed by atoms with Crippen LogP contribution < -0.4 is 20.7 Å². The molecule has 0 radical (unpaired) electrons. The minimum atomic E-state index is -0.289. The highest BCUT2D eigenvalue weighted by Gasteiger charge is 2.47. The number of rotatable bonds is 12. The minimum absolute atomic E-state index is 0.0776. The lowest BCUT2D eigenvalue weighted by Crippen LogP contribution is -2.53. The van der Waals surface area contributed by atoms with Gasteiger partial charge in [-0.3, -0.25) is 9.69 Å². The van der Waals surface area contributed by atoms with E-state index in [0.717, 1.165) is 79.8 Å². The van der Waals surface area contributed by atoms with Crippen LogP contribution in [-0.2, 0) is 12.0 Å². The van der Waals surface area contributed by atoms with Gasteiger partial charge < -0.3 is 30.8 Å². The fraction of sp³-hybridized carbons (Fsp3) is 0.444. The van der Waals surface area contributed by atoms with E-state index in [1.165, 1.54) is 11.6 Å². The number of nitrogens with two attached hydrogens (primary N) is 1. The summed E-state index contributed by atoms with van der Waals surface area (Å²) in [6, 6.07) is 16.5. The van der Waals surface area contributed by atoms with E-state index in [4.69, 9.17) is 10.5 Å². The van der Waals surface area contributed by atoms with Crippen LogP contribution in [0.25, 0.3) is 10.9 Å². The summed E-state index contributed by atoms with van der Waals surface area (Å²) in [7, 11) is 1.66. The van der Waals surface area contributed by atoms with Gasteiger partial charge in [-0.05, 0) is 68.1 Å². The Balaban J connectivity index is 1.21. The first-order chi connectivity index (χ1) is 22.5. The van der Waals surface area contributed by atoms with Crippen molar-refractivity contribution in [3.8, 4) is 5.75 Å². The van der Waals surface area contributed by atoms with Crippen LogP contribution in [0.1, 0.15) is 71.7 Å². The zero-order valence-corrected chi connectivity index (χ0v) is 26.6. The van der Waals surface area contributed by atoms with E-state index < -0.39 is 0 Å². The number of amides is 1. The standard InChI is InChI=1S/C36H45FN6O3/c1-46-27-11-12-28-30(20-27)41-34-31(23-44)43(22-26-8-4-5-9-29(26)37)24-36(33(28)34)14-18-42(19-15-36)32-13-10-25(21-40-32)35(45)39-17-7-3-2-6-16-38/h4-5,8-13,20-21,31,41,44H,2-3,6-7,14-19,22-24,38H2,1H3,(H,39,45). The Bertz CT molecular complexity index is 1630. The van der Waals surface area contributed by atoms with Gasteiger partial charge in [-0.15, -0.1) is 0 Å². The molecule has 1 atom stereocenters. The smallest absolute Gasteiger partial charge is 0.252 e. The maximum absolute atomic E-state index is 14.8. The van der Waals surface area contributed by atoms with Crippen molar-refractivity contribution in [1.29, 1.82) is 0 Å². The second-order valence-electron chi connectivity index (χ2n) is 12.7. The molecule has 0 saturated carbocycles. The van der Waals surface area contributed by atoms with E-state index in [1.807, 2.05) is 36.4 Å². The van der Waals surface area contributed by atoms with Gasteiger partial charge in [0.15, 0.2) is 0 Å². The highest BCUT2D eigenvalue weighted by molar-refractivity contribution is 5.94. The van der Waals surface area contributed by atoms with Crippen molar-refractivity contribution in [1.82, 2.24) is 20.2 Å². The van der Waals surface area contributed by atoms with Crippen LogP contribution in [0.2, 0.25) is 0 Å². The molecular formula is C36H45FN6O3. The topological polar surface area (TPSA) is 120 Å². The molecule has 0 aliphatic carbocycles. The van der Waals surface area contributed by atoms with E-state index in [2.05, 4.69) is 31.2 Å². The number of piperidine rings is 1. The number of pyridine rings is 1. The number of H-pyrrole nitrogens is 1. The molecule has 1 spiro atoms. The molecule has 2 aliphatic rings. The molecule has 1 unspecified atom stereocenters. The number of anilines is 1. The molecule has 1 fully saturated rings. The van der Waals surface area contributed by atoms with Crippen LogP contribution in [0, 0.1) is 5.82 Å². The van der Waals surface area contributed by atoms with Gasteiger partial charge in [0.05, 0.1) is 25.3 Å². The van der Waals surface area contributed by atoms with Gasteiger partial charge in [-0.1, -0.05) is 31.0 Å². The Morgan fingerprint density at radius 2 is 1.93 bits per heavy atom. The lowest BCUT2D eigenvalue weighted by Gasteiger charge is -2.50. The highest BCUT2D eigenvalue weighted by Crippen LogP contribution is 2.49. The first-order valence-corrected chi connectivity index (χ1v) is 16.4. The first-order valence-electron chi connectivity index (χ1n) is 16.4. The summed E-state index contributed by atoms with van der Waals surface area (Å²) >= 11 is 0. The Morgan fingerprint density at radius 1 is 1.13 bits per heavy atom. The number of carbonyl (C=O) groups is 1. The number of fused-ring (bicyclic) bond motifs is 4. The Morgan fingerprint density at radius 3 is 2.65 bits per heavy atom. The SMILES string of the molecule is COc1ccc2c3c([nH]c2c1)C(CO)N(Cc1ccccc1F)CC31CCN(c2ccc(C(=O)NCCCCCCN)cn2)CC1. The summed E-state index contributed by atoms with van der Waals surface area (Å²) in [6.07, 6.45) is 7.48. The zero-order valence-electron chi connectivity index (χ0n) is 26.6. The van der Waals surface area contributed by atoms with Crippen LogP contribution in [0.3, 0.4) is 0 Å². The number of ether oxygens (including phenoxy) is 1. The normalized spacial score (nSPS) is 17.7. The van der Waals surface area contributed by atoms with Gasteiger partial charge in [0.1, 0.15) is 17.4 Å². The number of halogens is 1. The molecular weight excluding hydrogens is 583 g/mol. The van der Waals surface area contributed by atoms with Gasteiger partial charge in [-0.2, -0.15) is 0 Å². The average molecular weight is 629 g/mol. The number of aromatic amines is 1. The molecule has 46 heavy (non-hydrogen) atoms. The van der Waals surface area contributed by atoms with Crippen LogP contribution >= 0.6 is 0 Å². The van der Waals surface area contributed by atoms with Crippen LogP contribution in [-0.4, -0.2) is 72.3 Å². The van der Waals surface area contributed by atoms with E-state index in [0.29, 0.717) is 37.3 Å². The summed E-state index contributed by atoms with van der Waals surface area (Å²) in [5.41, 5.74) is 9.74. The largest absolute Gasteiger partial charge is 0.497 e. The van der Waals surface area contributed by atoms with Crippen molar-refractivity contribution in [2.45, 2.75) is 56.5 Å². The predicted molar refractivity (Wildman–Crippen MR) is 179 cm³/mol. The summed E-state index contributed by atoms with van der Waals surface area (Å²) in [5.74, 6) is 1.28. The van der Waals surface area contributed by atoms with E-state index in [9.17, 15) is 14.3 Å². The van der Waals surface area contributed by atoms with Gasteiger partial charge in [-0.25, -0.2) is 9.37 Å². The molecule has 1 saturated heterocycles. The minimum Gasteiger partial charge on any atom is -0.497 e. The van der Waals surface area contributed by atoms with Gasteiger partial charge >= 0.3 is 0 Å². The molecule has 6 rings (SSSR count). The summed E-state index contributed by atoms with van der Waals surface area (Å²) in [4.78, 5) is 25.5. The third-order valence-corrected chi connectivity index (χ3v) is 9.82. The van der Waals surface area contributed by atoms with Crippen molar-refractivity contribution in [3.63, 3.8) is 0 Å². The van der Waals surface area contributed by atoms with Crippen molar-refractivity contribution >= 4 is 22.6 Å². The number of hydrogen-bond donors (Lipinski definition) is 4. The lowest BCUT2D eigenvalue weighted by atomic mass is 9.68. The quantitative estimate of drug-likeness (QED) is 0.162. The number of hydrogen-bond acceptors (Lipinski definition) is 7. The molecule has 5 N–H and O–H groups in total. The maximum atomic E-state index is 14.8. The monoisotopic (exact) mass is 628 g/mol. The number of nitrogens with one attached hydrogen (secondary N) is 2. The molecule has 2 aliphatic heterocycles. The molecule has 2 aromatic carbocycles. The van der Waals surface area contributed by atoms with E-state index in [-0.39, 0.29) is 29.8 Å². The number of aliphatic hydroxyl groups excluding tert-OH is 1. The van der Waals surface area contributed by atoms with Crippen molar-refractivity contribution in [2.24, 2.45) is 5.73 Å². The fourth-order valence-corrected chi connectivity index (χ4v) is 7.33. The van der Waals surface area contributed by atoms with E-state index >= 15 is 0 Å². The van der Waals surface area contributed by atoms with Crippen molar-refractivity contribution in [3.05, 3.63) is 89.0 Å². The number of benzene rings is 2. The number of aliphatic hydroxyl groups is 1. The third-order valence-electron chi connectivity index (χ3n) is 9.82. The number of carbonyl (C=O) groups excluding carboxylic acids is 1. The molecule has 10 heteroatoms.